The zero-order chi connectivity index (χ0) is 14.7. The van der Waals surface area contributed by atoms with Gasteiger partial charge in [-0.2, -0.15) is 0 Å². The number of nitrogens with two attached hydrogens (primary N) is 1. The van der Waals surface area contributed by atoms with Crippen molar-refractivity contribution in [2.24, 2.45) is 0 Å². The number of amides is 1. The minimum atomic E-state index is -0.177. The van der Waals surface area contributed by atoms with Gasteiger partial charge in [-0.05, 0) is 36.8 Å². The fourth-order valence-corrected chi connectivity index (χ4v) is 1.88. The first-order valence-electron chi connectivity index (χ1n) is 6.28. The molecule has 3 N–H and O–H groups in total. The zero-order valence-corrected chi connectivity index (χ0v) is 11.8. The largest absolute Gasteiger partial charge is 0.399 e. The number of hydrogen-bond acceptors (Lipinski definition) is 4. The second-order valence-electron chi connectivity index (χ2n) is 4.81. The van der Waals surface area contributed by atoms with E-state index < -0.39 is 0 Å². The number of hydrogen-bond donors (Lipinski definition) is 2. The van der Waals surface area contributed by atoms with Crippen LogP contribution in [0.15, 0.2) is 36.7 Å². The van der Waals surface area contributed by atoms with E-state index in [1.165, 1.54) is 0 Å². The SMILES string of the molecule is Cc1cc(C(=O)Nc2cnccc2N(C)C)ccc1N. The number of carbonyl (C=O) groups excluding carboxylic acids is 1. The maximum atomic E-state index is 12.3. The van der Waals surface area contributed by atoms with E-state index >= 15 is 0 Å². The lowest BCUT2D eigenvalue weighted by Crippen LogP contribution is -2.17. The zero-order valence-electron chi connectivity index (χ0n) is 11.8. The molecule has 0 unspecified atom stereocenters. The Labute approximate surface area is 118 Å². The highest BCUT2D eigenvalue weighted by molar-refractivity contribution is 6.06. The van der Waals surface area contributed by atoms with Gasteiger partial charge in [0.25, 0.3) is 5.91 Å². The topological polar surface area (TPSA) is 71.2 Å². The number of aromatic nitrogens is 1. The van der Waals surface area contributed by atoms with E-state index in [1.54, 1.807) is 30.6 Å². The summed E-state index contributed by atoms with van der Waals surface area (Å²) in [7, 11) is 3.83. The number of nitrogen functional groups attached to an aromatic ring is 1. The van der Waals surface area contributed by atoms with Crippen molar-refractivity contribution >= 4 is 23.0 Å². The van der Waals surface area contributed by atoms with E-state index in [9.17, 15) is 4.79 Å². The molecule has 104 valence electrons. The van der Waals surface area contributed by atoms with Gasteiger partial charge in [-0.15, -0.1) is 0 Å². The van der Waals surface area contributed by atoms with Crippen LogP contribution in [0.2, 0.25) is 0 Å². The monoisotopic (exact) mass is 270 g/mol. The van der Waals surface area contributed by atoms with E-state index in [1.807, 2.05) is 32.0 Å². The molecular weight excluding hydrogens is 252 g/mol. The Morgan fingerprint density at radius 1 is 1.30 bits per heavy atom. The van der Waals surface area contributed by atoms with Crippen LogP contribution < -0.4 is 16.0 Å². The normalized spacial score (nSPS) is 10.2. The summed E-state index contributed by atoms with van der Waals surface area (Å²) in [5.74, 6) is -0.177. The summed E-state index contributed by atoms with van der Waals surface area (Å²) in [6.07, 6.45) is 3.33. The molecule has 0 radical (unpaired) electrons. The Bertz CT molecular complexity index is 638. The van der Waals surface area contributed by atoms with Crippen LogP contribution in [0.25, 0.3) is 0 Å². The summed E-state index contributed by atoms with van der Waals surface area (Å²) in [5, 5.41) is 2.87. The highest BCUT2D eigenvalue weighted by atomic mass is 16.1. The van der Waals surface area contributed by atoms with Gasteiger partial charge in [-0.25, -0.2) is 0 Å². The lowest BCUT2D eigenvalue weighted by Gasteiger charge is -2.17. The Hall–Kier alpha value is -2.56. The molecule has 1 aromatic carbocycles. The number of nitrogens with zero attached hydrogens (tertiary/aromatic N) is 2. The molecule has 0 bridgehead atoms. The number of benzene rings is 1. The second-order valence-corrected chi connectivity index (χ2v) is 4.81. The number of anilines is 3. The van der Waals surface area contributed by atoms with Crippen molar-refractivity contribution in [3.63, 3.8) is 0 Å². The Morgan fingerprint density at radius 2 is 2.05 bits per heavy atom. The predicted octanol–water partition coefficient (Wildman–Crippen LogP) is 2.29. The summed E-state index contributed by atoms with van der Waals surface area (Å²) < 4.78 is 0. The minimum Gasteiger partial charge on any atom is -0.399 e. The number of carbonyl (C=O) groups is 1. The molecule has 0 aliphatic carbocycles. The van der Waals surface area contributed by atoms with Crippen LogP contribution in [-0.2, 0) is 0 Å². The third-order valence-electron chi connectivity index (χ3n) is 3.06. The molecule has 0 atom stereocenters. The first-order chi connectivity index (χ1) is 9.49. The third kappa shape index (κ3) is 2.88. The summed E-state index contributed by atoms with van der Waals surface area (Å²) in [4.78, 5) is 18.2. The van der Waals surface area contributed by atoms with E-state index in [2.05, 4.69) is 10.3 Å². The molecule has 0 aliphatic heterocycles. The molecular formula is C15H18N4O. The highest BCUT2D eigenvalue weighted by Gasteiger charge is 2.11. The lowest BCUT2D eigenvalue weighted by molar-refractivity contribution is 0.102. The minimum absolute atomic E-state index is 0.177. The number of pyridine rings is 1. The van der Waals surface area contributed by atoms with Gasteiger partial charge in [0.2, 0.25) is 0 Å². The first kappa shape index (κ1) is 13.9. The molecule has 5 nitrogen and oxygen atoms in total. The van der Waals surface area contributed by atoms with Gasteiger partial charge in [-0.1, -0.05) is 0 Å². The Kier molecular flexibility index (Phi) is 3.89. The quantitative estimate of drug-likeness (QED) is 0.839. The van der Waals surface area contributed by atoms with E-state index in [0.29, 0.717) is 16.9 Å². The van der Waals surface area contributed by atoms with Crippen molar-refractivity contribution in [2.75, 3.05) is 30.0 Å². The van der Waals surface area contributed by atoms with Crippen molar-refractivity contribution in [2.45, 2.75) is 6.92 Å². The van der Waals surface area contributed by atoms with Crippen molar-refractivity contribution in [1.82, 2.24) is 4.98 Å². The maximum absolute atomic E-state index is 12.3. The van der Waals surface area contributed by atoms with Crippen LogP contribution in [0.5, 0.6) is 0 Å². The summed E-state index contributed by atoms with van der Waals surface area (Å²) in [5.41, 5.74) is 9.48. The number of nitrogens with one attached hydrogen (secondary N) is 1. The average Bonchev–Trinajstić information content (AvgIpc) is 2.42. The van der Waals surface area contributed by atoms with Crippen molar-refractivity contribution in [1.29, 1.82) is 0 Å². The summed E-state index contributed by atoms with van der Waals surface area (Å²) >= 11 is 0. The lowest BCUT2D eigenvalue weighted by atomic mass is 10.1. The van der Waals surface area contributed by atoms with Crippen molar-refractivity contribution in [3.05, 3.63) is 47.8 Å². The van der Waals surface area contributed by atoms with Gasteiger partial charge in [0.15, 0.2) is 0 Å². The van der Waals surface area contributed by atoms with Crippen molar-refractivity contribution < 1.29 is 4.79 Å². The van der Waals surface area contributed by atoms with Gasteiger partial charge in [0.1, 0.15) is 0 Å². The van der Waals surface area contributed by atoms with Gasteiger partial charge >= 0.3 is 0 Å². The van der Waals surface area contributed by atoms with Gasteiger partial charge in [0, 0.05) is 31.5 Å². The molecule has 5 heteroatoms. The molecule has 0 saturated carbocycles. The molecule has 0 fully saturated rings. The van der Waals surface area contributed by atoms with Crippen LogP contribution in [0.4, 0.5) is 17.1 Å². The maximum Gasteiger partial charge on any atom is 0.255 e. The third-order valence-corrected chi connectivity index (χ3v) is 3.06. The second kappa shape index (κ2) is 5.61. The molecule has 1 aromatic heterocycles. The highest BCUT2D eigenvalue weighted by Crippen LogP contribution is 2.23. The van der Waals surface area contributed by atoms with Crippen LogP contribution in [0, 0.1) is 6.92 Å². The summed E-state index contributed by atoms with van der Waals surface area (Å²) in [6, 6.07) is 7.07. The van der Waals surface area contributed by atoms with E-state index in [0.717, 1.165) is 11.3 Å². The standard InChI is InChI=1S/C15H18N4O/c1-10-8-11(4-5-12(10)16)15(20)18-13-9-17-7-6-14(13)19(2)3/h4-9H,16H2,1-3H3,(H,18,20). The average molecular weight is 270 g/mol. The van der Waals surface area contributed by atoms with Crippen LogP contribution in [-0.4, -0.2) is 25.0 Å². The van der Waals surface area contributed by atoms with Crippen LogP contribution in [0.1, 0.15) is 15.9 Å². The Morgan fingerprint density at radius 3 is 2.70 bits per heavy atom. The van der Waals surface area contributed by atoms with Gasteiger partial charge in [-0.3, -0.25) is 9.78 Å². The van der Waals surface area contributed by atoms with Crippen molar-refractivity contribution in [3.8, 4) is 0 Å². The first-order valence-corrected chi connectivity index (χ1v) is 6.28. The van der Waals surface area contributed by atoms with E-state index in [-0.39, 0.29) is 5.91 Å². The smallest absolute Gasteiger partial charge is 0.255 e. The molecule has 0 saturated heterocycles. The van der Waals surface area contributed by atoms with Crippen LogP contribution in [0.3, 0.4) is 0 Å². The number of aryl methyl sites for hydroxylation is 1. The summed E-state index contributed by atoms with van der Waals surface area (Å²) in [6.45, 7) is 1.88. The molecule has 2 aromatic rings. The van der Waals surface area contributed by atoms with E-state index in [4.69, 9.17) is 5.73 Å². The molecule has 2 rings (SSSR count). The van der Waals surface area contributed by atoms with Gasteiger partial charge in [0.05, 0.1) is 17.6 Å². The molecule has 1 heterocycles. The molecule has 0 spiro atoms. The Balaban J connectivity index is 2.26. The van der Waals surface area contributed by atoms with Crippen LogP contribution >= 0.6 is 0 Å². The fraction of sp³-hybridized carbons (Fsp3) is 0.200. The molecule has 0 aliphatic rings. The molecule has 1 amide bonds. The fourth-order valence-electron chi connectivity index (χ4n) is 1.88. The predicted molar refractivity (Wildman–Crippen MR) is 82.1 cm³/mol. The molecule has 20 heavy (non-hydrogen) atoms. The number of rotatable bonds is 3. The van der Waals surface area contributed by atoms with Gasteiger partial charge < -0.3 is 16.0 Å².